The molecule has 0 bridgehead atoms. The molecule has 18 heavy (non-hydrogen) atoms. The molecule has 0 saturated carbocycles. The Bertz CT molecular complexity index is 470. The molecule has 0 saturated heterocycles. The number of rotatable bonds is 8. The summed E-state index contributed by atoms with van der Waals surface area (Å²) < 4.78 is 25.6. The second kappa shape index (κ2) is 7.13. The summed E-state index contributed by atoms with van der Waals surface area (Å²) in [7, 11) is -3.32. The molecule has 1 rings (SSSR count). The maximum Gasteiger partial charge on any atom is 0.303 e. The molecule has 2 N–H and O–H groups in total. The van der Waals surface area contributed by atoms with Crippen LogP contribution in [0, 0.1) is 0 Å². The average molecular weight is 271 g/mol. The lowest BCUT2D eigenvalue weighted by Gasteiger charge is -2.06. The van der Waals surface area contributed by atoms with Gasteiger partial charge in [-0.2, -0.15) is 0 Å². The third-order valence-electron chi connectivity index (χ3n) is 2.39. The van der Waals surface area contributed by atoms with Crippen molar-refractivity contribution < 1.29 is 18.3 Å². The summed E-state index contributed by atoms with van der Waals surface area (Å²) >= 11 is 0. The van der Waals surface area contributed by atoms with Gasteiger partial charge in [0.05, 0.1) is 5.75 Å². The van der Waals surface area contributed by atoms with Gasteiger partial charge < -0.3 is 5.11 Å². The molecule has 0 unspecified atom stereocenters. The predicted octanol–water partition coefficient (Wildman–Crippen LogP) is 1.01. The van der Waals surface area contributed by atoms with Crippen LogP contribution in [-0.2, 0) is 21.2 Å². The van der Waals surface area contributed by atoms with Gasteiger partial charge in [-0.3, -0.25) is 4.79 Å². The first kappa shape index (κ1) is 14.7. The minimum absolute atomic E-state index is 0.0179. The monoisotopic (exact) mass is 271 g/mol. The van der Waals surface area contributed by atoms with Crippen molar-refractivity contribution in [1.82, 2.24) is 4.72 Å². The van der Waals surface area contributed by atoms with Gasteiger partial charge in [0.25, 0.3) is 0 Å². The number of benzene rings is 1. The molecule has 1 aromatic rings. The molecule has 0 atom stereocenters. The highest BCUT2D eigenvalue weighted by Gasteiger charge is 2.09. The van der Waals surface area contributed by atoms with Crippen molar-refractivity contribution >= 4 is 16.0 Å². The fourth-order valence-electron chi connectivity index (χ4n) is 1.44. The molecular formula is C12H17NO4S. The smallest absolute Gasteiger partial charge is 0.303 e. The van der Waals surface area contributed by atoms with Crippen molar-refractivity contribution in [2.45, 2.75) is 19.3 Å². The number of carboxylic acids is 1. The lowest BCUT2D eigenvalue weighted by Crippen LogP contribution is -2.28. The largest absolute Gasteiger partial charge is 0.481 e. The Kier molecular flexibility index (Phi) is 5.80. The summed E-state index contributed by atoms with van der Waals surface area (Å²) in [6.45, 7) is 0.170. The third-order valence-corrected chi connectivity index (χ3v) is 3.78. The topological polar surface area (TPSA) is 83.5 Å². The number of aryl methyl sites for hydroxylation is 1. The zero-order chi connectivity index (χ0) is 13.4. The first-order valence-electron chi connectivity index (χ1n) is 5.73. The highest BCUT2D eigenvalue weighted by Crippen LogP contribution is 2.01. The summed E-state index contributed by atoms with van der Waals surface area (Å²) in [4.78, 5) is 10.3. The van der Waals surface area contributed by atoms with Gasteiger partial charge in [-0.25, -0.2) is 13.1 Å². The lowest BCUT2D eigenvalue weighted by molar-refractivity contribution is -0.137. The van der Waals surface area contributed by atoms with E-state index in [1.54, 1.807) is 0 Å². The Morgan fingerprint density at radius 1 is 1.22 bits per heavy atom. The molecule has 0 amide bonds. The second-order valence-electron chi connectivity index (χ2n) is 3.95. The van der Waals surface area contributed by atoms with Gasteiger partial charge in [0, 0.05) is 13.0 Å². The van der Waals surface area contributed by atoms with Crippen LogP contribution >= 0.6 is 0 Å². The molecule has 0 aliphatic rings. The Labute approximate surface area is 107 Å². The van der Waals surface area contributed by atoms with Crippen molar-refractivity contribution in [2.75, 3.05) is 12.3 Å². The predicted molar refractivity (Wildman–Crippen MR) is 68.8 cm³/mol. The van der Waals surface area contributed by atoms with E-state index in [2.05, 4.69) is 4.72 Å². The minimum Gasteiger partial charge on any atom is -0.481 e. The fourth-order valence-corrected chi connectivity index (χ4v) is 2.54. The Morgan fingerprint density at radius 2 is 1.89 bits per heavy atom. The highest BCUT2D eigenvalue weighted by atomic mass is 32.2. The quantitative estimate of drug-likeness (QED) is 0.691. The van der Waals surface area contributed by atoms with Crippen LogP contribution in [0.25, 0.3) is 0 Å². The zero-order valence-electron chi connectivity index (χ0n) is 10.0. The Hall–Kier alpha value is -1.40. The van der Waals surface area contributed by atoms with E-state index in [0.29, 0.717) is 12.8 Å². The van der Waals surface area contributed by atoms with Gasteiger partial charge in [0.15, 0.2) is 0 Å². The first-order chi connectivity index (χ1) is 8.49. The van der Waals surface area contributed by atoms with Crippen LogP contribution < -0.4 is 4.72 Å². The van der Waals surface area contributed by atoms with Crippen LogP contribution in [0.1, 0.15) is 18.4 Å². The van der Waals surface area contributed by atoms with Gasteiger partial charge in [-0.05, 0) is 18.4 Å². The van der Waals surface area contributed by atoms with E-state index in [1.165, 1.54) is 0 Å². The van der Waals surface area contributed by atoms with Crippen molar-refractivity contribution in [3.8, 4) is 0 Å². The van der Waals surface area contributed by atoms with E-state index in [9.17, 15) is 13.2 Å². The summed E-state index contributed by atoms with van der Waals surface area (Å²) in [6, 6.07) is 9.35. The molecule has 0 aliphatic heterocycles. The SMILES string of the molecule is O=C(O)CCCNS(=O)(=O)CCc1ccccc1. The van der Waals surface area contributed by atoms with E-state index >= 15 is 0 Å². The standard InChI is InChI=1S/C12H17NO4S/c14-12(15)7-4-9-13-18(16,17)10-8-11-5-2-1-3-6-11/h1-3,5-6,13H,4,7-10H2,(H,14,15). The van der Waals surface area contributed by atoms with E-state index < -0.39 is 16.0 Å². The van der Waals surface area contributed by atoms with Crippen LogP contribution in [0.2, 0.25) is 0 Å². The van der Waals surface area contributed by atoms with Gasteiger partial charge in [-0.1, -0.05) is 30.3 Å². The number of nitrogens with one attached hydrogen (secondary N) is 1. The van der Waals surface area contributed by atoms with Gasteiger partial charge in [0.1, 0.15) is 0 Å². The van der Waals surface area contributed by atoms with Gasteiger partial charge in [0.2, 0.25) is 10.0 Å². The molecule has 0 radical (unpaired) electrons. The van der Waals surface area contributed by atoms with Crippen LogP contribution in [0.15, 0.2) is 30.3 Å². The number of sulfonamides is 1. The first-order valence-corrected chi connectivity index (χ1v) is 7.38. The highest BCUT2D eigenvalue weighted by molar-refractivity contribution is 7.89. The normalized spacial score (nSPS) is 11.3. The number of carbonyl (C=O) groups is 1. The van der Waals surface area contributed by atoms with E-state index in [1.807, 2.05) is 30.3 Å². The Morgan fingerprint density at radius 3 is 2.50 bits per heavy atom. The van der Waals surface area contributed by atoms with Crippen molar-refractivity contribution in [3.63, 3.8) is 0 Å². The summed E-state index contributed by atoms with van der Waals surface area (Å²) in [6.07, 6.45) is 0.732. The molecule has 1 aromatic carbocycles. The molecule has 0 aliphatic carbocycles. The van der Waals surface area contributed by atoms with Crippen molar-refractivity contribution in [1.29, 1.82) is 0 Å². The third kappa shape index (κ3) is 6.36. The van der Waals surface area contributed by atoms with Gasteiger partial charge >= 0.3 is 5.97 Å². The fraction of sp³-hybridized carbons (Fsp3) is 0.417. The molecule has 0 aromatic heterocycles. The van der Waals surface area contributed by atoms with Crippen LogP contribution in [-0.4, -0.2) is 31.8 Å². The average Bonchev–Trinajstić information content (AvgIpc) is 2.34. The minimum atomic E-state index is -3.32. The van der Waals surface area contributed by atoms with E-state index in [-0.39, 0.29) is 18.7 Å². The van der Waals surface area contributed by atoms with Crippen LogP contribution in [0.3, 0.4) is 0 Å². The van der Waals surface area contributed by atoms with Crippen molar-refractivity contribution in [2.24, 2.45) is 0 Å². The summed E-state index contributed by atoms with van der Waals surface area (Å²) in [5.74, 6) is -0.900. The van der Waals surface area contributed by atoms with E-state index in [4.69, 9.17) is 5.11 Å². The number of carboxylic acid groups (broad SMARTS) is 1. The maximum absolute atomic E-state index is 11.6. The number of hydrogen-bond donors (Lipinski definition) is 2. The van der Waals surface area contributed by atoms with Gasteiger partial charge in [-0.15, -0.1) is 0 Å². The number of aliphatic carboxylic acids is 1. The zero-order valence-corrected chi connectivity index (χ0v) is 10.8. The van der Waals surface area contributed by atoms with E-state index in [0.717, 1.165) is 5.56 Å². The lowest BCUT2D eigenvalue weighted by atomic mass is 10.2. The Balaban J connectivity index is 2.30. The summed E-state index contributed by atoms with van der Waals surface area (Å²) in [5.41, 5.74) is 0.966. The maximum atomic E-state index is 11.6. The molecule has 6 heteroatoms. The summed E-state index contributed by atoms with van der Waals surface area (Å²) in [5, 5.41) is 8.42. The van der Waals surface area contributed by atoms with Crippen LogP contribution in [0.5, 0.6) is 0 Å². The molecular weight excluding hydrogens is 254 g/mol. The molecule has 0 spiro atoms. The molecule has 0 fully saturated rings. The molecule has 5 nitrogen and oxygen atoms in total. The molecule has 0 heterocycles. The van der Waals surface area contributed by atoms with Crippen LogP contribution in [0.4, 0.5) is 0 Å². The number of hydrogen-bond acceptors (Lipinski definition) is 3. The van der Waals surface area contributed by atoms with Crippen molar-refractivity contribution in [3.05, 3.63) is 35.9 Å². The molecule has 100 valence electrons. The second-order valence-corrected chi connectivity index (χ2v) is 5.87.